The predicted molar refractivity (Wildman–Crippen MR) is 103 cm³/mol. The molecule has 1 N–H and O–H groups in total. The maximum atomic E-state index is 13.0. The van der Waals surface area contributed by atoms with Crippen molar-refractivity contribution < 1.29 is 27.3 Å². The third-order valence-corrected chi connectivity index (χ3v) is 7.97. The van der Waals surface area contributed by atoms with Gasteiger partial charge in [0.05, 0.1) is 0 Å². The normalized spacial score (nSPS) is 25.7. The maximum Gasteiger partial charge on any atom is 0.324 e. The number of nitrogens with one attached hydrogen (secondary N) is 1. The third-order valence-electron chi connectivity index (χ3n) is 5.81. The number of rotatable bonds is 6. The number of ether oxygens (including phenoxy) is 1. The summed E-state index contributed by atoms with van der Waals surface area (Å²) in [5.74, 6) is -0.476. The molecule has 0 radical (unpaired) electrons. The summed E-state index contributed by atoms with van der Waals surface area (Å²) in [7, 11) is -3.94. The van der Waals surface area contributed by atoms with Crippen LogP contribution in [0.3, 0.4) is 0 Å². The monoisotopic (exact) mass is 427 g/mol. The van der Waals surface area contributed by atoms with Crippen LogP contribution >= 0.6 is 0 Å². The van der Waals surface area contributed by atoms with E-state index in [9.17, 15) is 18.0 Å². The average Bonchev–Trinajstić information content (AvgIpc) is 3.29. The van der Waals surface area contributed by atoms with E-state index in [0.29, 0.717) is 18.8 Å². The van der Waals surface area contributed by atoms with Crippen molar-refractivity contribution in [1.29, 1.82) is 0 Å². The van der Waals surface area contributed by atoms with Crippen LogP contribution in [0.25, 0.3) is 0 Å². The van der Waals surface area contributed by atoms with Crippen molar-refractivity contribution in [3.8, 4) is 0 Å². The summed E-state index contributed by atoms with van der Waals surface area (Å²) < 4.78 is 37.3. The molecule has 1 aromatic heterocycles. The van der Waals surface area contributed by atoms with Crippen molar-refractivity contribution in [1.82, 2.24) is 14.8 Å². The molecule has 1 aliphatic heterocycles. The molecule has 0 spiro atoms. The molecule has 29 heavy (non-hydrogen) atoms. The highest BCUT2D eigenvalue weighted by atomic mass is 32.2. The minimum Gasteiger partial charge on any atom is -0.454 e. The zero-order valence-corrected chi connectivity index (χ0v) is 18.0. The molecule has 2 aliphatic rings. The van der Waals surface area contributed by atoms with Crippen LogP contribution in [0.4, 0.5) is 0 Å². The van der Waals surface area contributed by atoms with E-state index in [4.69, 9.17) is 9.26 Å². The summed E-state index contributed by atoms with van der Waals surface area (Å²) in [6.07, 6.45) is 5.12. The average molecular weight is 428 g/mol. The number of hydrogen-bond acceptors (Lipinski definition) is 7. The molecule has 9 nitrogen and oxygen atoms in total. The van der Waals surface area contributed by atoms with Gasteiger partial charge in [-0.25, -0.2) is 8.42 Å². The van der Waals surface area contributed by atoms with Crippen molar-refractivity contribution >= 4 is 21.9 Å². The number of sulfonamides is 1. The molecule has 1 saturated heterocycles. The Morgan fingerprint density at radius 1 is 1.21 bits per heavy atom. The van der Waals surface area contributed by atoms with Gasteiger partial charge in [0, 0.05) is 12.6 Å². The van der Waals surface area contributed by atoms with Gasteiger partial charge in [-0.2, -0.15) is 4.31 Å². The first-order valence-corrected chi connectivity index (χ1v) is 11.6. The third kappa shape index (κ3) is 4.63. The molecule has 10 heteroatoms. The Kier molecular flexibility index (Phi) is 6.62. The second-order valence-electron chi connectivity index (χ2n) is 7.97. The van der Waals surface area contributed by atoms with Crippen molar-refractivity contribution in [3.63, 3.8) is 0 Å². The van der Waals surface area contributed by atoms with Gasteiger partial charge in [0.25, 0.3) is 5.91 Å². The van der Waals surface area contributed by atoms with Gasteiger partial charge in [-0.05, 0) is 45.4 Å². The standard InChI is InChI=1S/C19H29N3O6S/c1-12-7-4-5-8-15(12)20-17(23)11-27-19(24)16-9-6-10-22(16)29(25,26)18-13(2)21-28-14(18)3/h12,15-16H,4-11H2,1-3H3,(H,20,23)/t12-,15+,16-/m0/s1. The van der Waals surface area contributed by atoms with Gasteiger partial charge in [0.2, 0.25) is 10.0 Å². The van der Waals surface area contributed by atoms with Crippen molar-refractivity contribution in [3.05, 3.63) is 11.5 Å². The number of carbonyl (C=O) groups excluding carboxylic acids is 2. The van der Waals surface area contributed by atoms with Gasteiger partial charge in [-0.15, -0.1) is 0 Å². The van der Waals surface area contributed by atoms with Gasteiger partial charge >= 0.3 is 5.97 Å². The fourth-order valence-corrected chi connectivity index (χ4v) is 6.18. The fourth-order valence-electron chi connectivity index (χ4n) is 4.24. The Labute approximate surface area is 171 Å². The summed E-state index contributed by atoms with van der Waals surface area (Å²) in [4.78, 5) is 24.7. The highest BCUT2D eigenvalue weighted by molar-refractivity contribution is 7.89. The largest absolute Gasteiger partial charge is 0.454 e. The fraction of sp³-hybridized carbons (Fsp3) is 0.737. The molecule has 2 heterocycles. The number of aryl methyl sites for hydroxylation is 2. The lowest BCUT2D eigenvalue weighted by Gasteiger charge is -2.29. The van der Waals surface area contributed by atoms with Gasteiger partial charge in [0.1, 0.15) is 16.6 Å². The summed E-state index contributed by atoms with van der Waals surface area (Å²) in [5.41, 5.74) is 0.252. The minimum atomic E-state index is -3.94. The second kappa shape index (κ2) is 8.83. The lowest BCUT2D eigenvalue weighted by atomic mass is 9.86. The number of esters is 1. The maximum absolute atomic E-state index is 13.0. The topological polar surface area (TPSA) is 119 Å². The Bertz CT molecular complexity index is 846. The van der Waals surface area contributed by atoms with Crippen LogP contribution in [0, 0.1) is 19.8 Å². The summed E-state index contributed by atoms with van der Waals surface area (Å²) in [6, 6.07) is -0.854. The van der Waals surface area contributed by atoms with Crippen LogP contribution in [-0.2, 0) is 24.3 Å². The van der Waals surface area contributed by atoms with Crippen LogP contribution in [0.1, 0.15) is 56.9 Å². The molecular weight excluding hydrogens is 398 g/mol. The highest BCUT2D eigenvalue weighted by Crippen LogP contribution is 2.30. The molecular formula is C19H29N3O6S. The molecule has 1 saturated carbocycles. The minimum absolute atomic E-state index is 0.0128. The Morgan fingerprint density at radius 2 is 1.93 bits per heavy atom. The SMILES string of the molecule is Cc1noc(C)c1S(=O)(=O)N1CCC[C@H]1C(=O)OCC(=O)N[C@@H]1CCCC[C@@H]1C. The van der Waals surface area contributed by atoms with E-state index in [1.54, 1.807) is 6.92 Å². The quantitative estimate of drug-likeness (QED) is 0.686. The Morgan fingerprint density at radius 3 is 2.59 bits per heavy atom. The molecule has 0 unspecified atom stereocenters. The number of carbonyl (C=O) groups is 2. The molecule has 1 amide bonds. The summed E-state index contributed by atoms with van der Waals surface area (Å²) in [5, 5.41) is 6.62. The molecule has 1 aromatic rings. The smallest absolute Gasteiger partial charge is 0.324 e. The number of nitrogens with zero attached hydrogens (tertiary/aromatic N) is 2. The van der Waals surface area contributed by atoms with Gasteiger partial charge in [0.15, 0.2) is 12.4 Å². The van der Waals surface area contributed by atoms with E-state index < -0.39 is 28.6 Å². The molecule has 3 rings (SSSR count). The zero-order chi connectivity index (χ0) is 21.2. The summed E-state index contributed by atoms with van der Waals surface area (Å²) in [6.45, 7) is 4.97. The Balaban J connectivity index is 1.61. The molecule has 162 valence electrons. The van der Waals surface area contributed by atoms with Crippen molar-refractivity contribution in [2.24, 2.45) is 5.92 Å². The van der Waals surface area contributed by atoms with Gasteiger partial charge < -0.3 is 14.6 Å². The van der Waals surface area contributed by atoms with E-state index in [0.717, 1.165) is 23.6 Å². The van der Waals surface area contributed by atoms with Crippen LogP contribution in [-0.4, -0.2) is 55.0 Å². The van der Waals surface area contributed by atoms with E-state index >= 15 is 0 Å². The lowest BCUT2D eigenvalue weighted by molar-refractivity contribution is -0.152. The van der Waals surface area contributed by atoms with Crippen LogP contribution in [0.5, 0.6) is 0 Å². The van der Waals surface area contributed by atoms with E-state index in [1.165, 1.54) is 13.3 Å². The van der Waals surface area contributed by atoms with Crippen molar-refractivity contribution in [2.75, 3.05) is 13.2 Å². The second-order valence-corrected chi connectivity index (χ2v) is 9.80. The van der Waals surface area contributed by atoms with Gasteiger partial charge in [-0.1, -0.05) is 24.9 Å². The van der Waals surface area contributed by atoms with Crippen LogP contribution < -0.4 is 5.32 Å². The number of hydrogen-bond donors (Lipinski definition) is 1. The summed E-state index contributed by atoms with van der Waals surface area (Å²) >= 11 is 0. The first-order chi connectivity index (χ1) is 13.7. The Hall–Kier alpha value is -1.94. The highest BCUT2D eigenvalue weighted by Gasteiger charge is 2.42. The zero-order valence-electron chi connectivity index (χ0n) is 17.1. The van der Waals surface area contributed by atoms with E-state index in [2.05, 4.69) is 17.4 Å². The van der Waals surface area contributed by atoms with Crippen LogP contribution in [0.15, 0.2) is 9.42 Å². The first-order valence-electron chi connectivity index (χ1n) is 10.1. The predicted octanol–water partition coefficient (Wildman–Crippen LogP) is 1.68. The molecule has 0 bridgehead atoms. The molecule has 1 aliphatic carbocycles. The van der Waals surface area contributed by atoms with Crippen molar-refractivity contribution in [2.45, 2.75) is 76.3 Å². The van der Waals surface area contributed by atoms with E-state index in [-0.39, 0.29) is 34.8 Å². The number of aromatic nitrogens is 1. The lowest BCUT2D eigenvalue weighted by Crippen LogP contribution is -2.45. The molecule has 2 fully saturated rings. The van der Waals surface area contributed by atoms with Crippen LogP contribution in [0.2, 0.25) is 0 Å². The molecule has 0 aromatic carbocycles. The first kappa shape index (κ1) is 21.8. The van der Waals surface area contributed by atoms with Gasteiger partial charge in [-0.3, -0.25) is 9.59 Å². The molecule has 3 atom stereocenters. The van der Waals surface area contributed by atoms with E-state index in [1.807, 2.05) is 0 Å². The number of amides is 1.